The molecule has 2 N–H and O–H groups in total. The molecule has 2 aromatic carbocycles. The third kappa shape index (κ3) is 3.78. The number of hydrogen-bond donors (Lipinski definition) is 2. The number of fused-ring (bicyclic) bond motifs is 1. The highest BCUT2D eigenvalue weighted by atomic mass is 32.1. The van der Waals surface area contributed by atoms with E-state index in [0.29, 0.717) is 27.5 Å². The minimum Gasteiger partial charge on any atom is -0.454 e. The first kappa shape index (κ1) is 17.7. The minimum atomic E-state index is -0.297. The molecule has 0 radical (unpaired) electrons. The van der Waals surface area contributed by atoms with Crippen LogP contribution in [0.4, 0.5) is 16.0 Å². The maximum absolute atomic E-state index is 12.5. The second-order valence-electron chi connectivity index (χ2n) is 6.09. The Bertz CT molecular complexity index is 1170. The third-order valence-corrected chi connectivity index (χ3v) is 5.67. The summed E-state index contributed by atoms with van der Waals surface area (Å²) in [6, 6.07) is 15.4. The van der Waals surface area contributed by atoms with Gasteiger partial charge in [0.25, 0.3) is 5.91 Å². The SMILES string of the molecule is O=C(Nc1nc(-c2ccccc2)cs1)c1csc(Nc2ccc3c(c2)OCO3)n1. The predicted molar refractivity (Wildman–Crippen MR) is 113 cm³/mol. The van der Waals surface area contributed by atoms with E-state index in [-0.39, 0.29) is 12.7 Å². The molecule has 3 heterocycles. The molecule has 1 aliphatic rings. The van der Waals surface area contributed by atoms with Crippen LogP contribution in [0.25, 0.3) is 11.3 Å². The van der Waals surface area contributed by atoms with Crippen LogP contribution in [0.5, 0.6) is 11.5 Å². The molecule has 4 aromatic rings. The maximum Gasteiger partial charge on any atom is 0.276 e. The molecule has 0 bridgehead atoms. The van der Waals surface area contributed by atoms with Gasteiger partial charge in [-0.25, -0.2) is 9.97 Å². The first-order chi connectivity index (χ1) is 14.2. The van der Waals surface area contributed by atoms with Crippen molar-refractivity contribution in [2.75, 3.05) is 17.4 Å². The van der Waals surface area contributed by atoms with E-state index in [9.17, 15) is 4.79 Å². The van der Waals surface area contributed by atoms with Crippen molar-refractivity contribution < 1.29 is 14.3 Å². The first-order valence-electron chi connectivity index (χ1n) is 8.69. The van der Waals surface area contributed by atoms with Crippen LogP contribution in [0.2, 0.25) is 0 Å². The van der Waals surface area contributed by atoms with E-state index >= 15 is 0 Å². The fourth-order valence-electron chi connectivity index (χ4n) is 2.77. The maximum atomic E-state index is 12.5. The van der Waals surface area contributed by atoms with Crippen LogP contribution < -0.4 is 20.1 Å². The van der Waals surface area contributed by atoms with Crippen LogP contribution in [0.1, 0.15) is 10.5 Å². The largest absolute Gasteiger partial charge is 0.454 e. The van der Waals surface area contributed by atoms with E-state index in [1.807, 2.05) is 53.9 Å². The number of hydrogen-bond acceptors (Lipinski definition) is 8. The fourth-order valence-corrected chi connectivity index (χ4v) is 4.19. The quantitative estimate of drug-likeness (QED) is 0.471. The molecule has 0 saturated carbocycles. The second kappa shape index (κ2) is 7.53. The number of carbonyl (C=O) groups excluding carboxylic acids is 1. The number of anilines is 3. The second-order valence-corrected chi connectivity index (χ2v) is 7.81. The molecule has 1 amide bonds. The van der Waals surface area contributed by atoms with E-state index in [0.717, 1.165) is 16.9 Å². The monoisotopic (exact) mass is 422 g/mol. The summed E-state index contributed by atoms with van der Waals surface area (Å²) in [6.07, 6.45) is 0. The van der Waals surface area contributed by atoms with E-state index in [1.165, 1.54) is 22.7 Å². The summed E-state index contributed by atoms with van der Waals surface area (Å²) >= 11 is 2.73. The van der Waals surface area contributed by atoms with Gasteiger partial charge < -0.3 is 14.8 Å². The van der Waals surface area contributed by atoms with Gasteiger partial charge in [0.2, 0.25) is 6.79 Å². The zero-order chi connectivity index (χ0) is 19.6. The van der Waals surface area contributed by atoms with Gasteiger partial charge in [0.1, 0.15) is 5.69 Å². The van der Waals surface area contributed by atoms with E-state index < -0.39 is 0 Å². The van der Waals surface area contributed by atoms with Gasteiger partial charge in [-0.1, -0.05) is 30.3 Å². The Labute approximate surface area is 174 Å². The number of aromatic nitrogens is 2. The van der Waals surface area contributed by atoms with Gasteiger partial charge in [-0.05, 0) is 12.1 Å². The molecule has 9 heteroatoms. The highest BCUT2D eigenvalue weighted by Gasteiger charge is 2.16. The number of benzene rings is 2. The van der Waals surface area contributed by atoms with Crippen LogP contribution in [0, 0.1) is 0 Å². The van der Waals surface area contributed by atoms with Crippen molar-refractivity contribution in [2.45, 2.75) is 0 Å². The number of amides is 1. The molecule has 0 aliphatic carbocycles. The van der Waals surface area contributed by atoms with Gasteiger partial charge in [0.15, 0.2) is 21.8 Å². The molecule has 2 aromatic heterocycles. The molecule has 7 nitrogen and oxygen atoms in total. The molecule has 0 saturated heterocycles. The normalized spacial score (nSPS) is 12.0. The van der Waals surface area contributed by atoms with Gasteiger partial charge in [-0.15, -0.1) is 22.7 Å². The number of carbonyl (C=O) groups is 1. The summed E-state index contributed by atoms with van der Waals surface area (Å²) in [4.78, 5) is 21.3. The van der Waals surface area contributed by atoms with Crippen molar-refractivity contribution in [3.63, 3.8) is 0 Å². The average Bonchev–Trinajstić information content (AvgIpc) is 3.49. The van der Waals surface area contributed by atoms with Crippen molar-refractivity contribution >= 4 is 44.5 Å². The molecule has 1 aliphatic heterocycles. The summed E-state index contributed by atoms with van der Waals surface area (Å²) in [5.74, 6) is 1.10. The highest BCUT2D eigenvalue weighted by molar-refractivity contribution is 7.14. The lowest BCUT2D eigenvalue weighted by atomic mass is 10.2. The lowest BCUT2D eigenvalue weighted by molar-refractivity contribution is 0.102. The zero-order valence-electron chi connectivity index (χ0n) is 14.9. The summed E-state index contributed by atoms with van der Waals surface area (Å²) in [5.41, 5.74) is 2.97. The molecule has 5 rings (SSSR count). The number of nitrogens with one attached hydrogen (secondary N) is 2. The number of nitrogens with zero attached hydrogens (tertiary/aromatic N) is 2. The average molecular weight is 422 g/mol. The molecule has 0 atom stereocenters. The van der Waals surface area contributed by atoms with Crippen LogP contribution >= 0.6 is 22.7 Å². The van der Waals surface area contributed by atoms with Crippen LogP contribution in [0.15, 0.2) is 59.3 Å². The predicted octanol–water partition coefficient (Wildman–Crippen LogP) is 4.99. The van der Waals surface area contributed by atoms with Crippen molar-refractivity contribution in [3.05, 3.63) is 65.0 Å². The van der Waals surface area contributed by atoms with Crippen LogP contribution in [0.3, 0.4) is 0 Å². The Balaban J connectivity index is 1.26. The highest BCUT2D eigenvalue weighted by Crippen LogP contribution is 2.35. The Morgan fingerprint density at radius 3 is 2.66 bits per heavy atom. The summed E-state index contributed by atoms with van der Waals surface area (Å²) in [5, 5.41) is 10.7. The summed E-state index contributed by atoms with van der Waals surface area (Å²) in [6.45, 7) is 0.225. The zero-order valence-corrected chi connectivity index (χ0v) is 16.5. The minimum absolute atomic E-state index is 0.225. The Morgan fingerprint density at radius 2 is 1.76 bits per heavy atom. The van der Waals surface area contributed by atoms with Crippen molar-refractivity contribution in [1.29, 1.82) is 0 Å². The number of rotatable bonds is 5. The van der Waals surface area contributed by atoms with Crippen LogP contribution in [-0.4, -0.2) is 22.7 Å². The van der Waals surface area contributed by atoms with E-state index in [1.54, 1.807) is 5.38 Å². The lowest BCUT2D eigenvalue weighted by Crippen LogP contribution is -2.12. The topological polar surface area (TPSA) is 85.4 Å². The summed E-state index contributed by atoms with van der Waals surface area (Å²) < 4.78 is 10.7. The first-order valence-corrected chi connectivity index (χ1v) is 10.4. The van der Waals surface area contributed by atoms with E-state index in [2.05, 4.69) is 20.6 Å². The van der Waals surface area contributed by atoms with Crippen molar-refractivity contribution in [3.8, 4) is 22.8 Å². The molecule has 144 valence electrons. The molecular weight excluding hydrogens is 408 g/mol. The van der Waals surface area contributed by atoms with Crippen molar-refractivity contribution in [1.82, 2.24) is 9.97 Å². The Morgan fingerprint density at radius 1 is 0.931 bits per heavy atom. The smallest absolute Gasteiger partial charge is 0.276 e. The van der Waals surface area contributed by atoms with Gasteiger partial charge >= 0.3 is 0 Å². The van der Waals surface area contributed by atoms with Gasteiger partial charge in [-0.3, -0.25) is 10.1 Å². The number of thiazole rings is 2. The third-order valence-electron chi connectivity index (χ3n) is 4.15. The van der Waals surface area contributed by atoms with Crippen molar-refractivity contribution in [2.24, 2.45) is 0 Å². The van der Waals surface area contributed by atoms with Crippen LogP contribution in [-0.2, 0) is 0 Å². The fraction of sp³-hybridized carbons (Fsp3) is 0.0500. The van der Waals surface area contributed by atoms with Gasteiger partial charge in [-0.2, -0.15) is 0 Å². The molecule has 0 fully saturated rings. The molecule has 0 unspecified atom stereocenters. The molecule has 0 spiro atoms. The Hall–Kier alpha value is -3.43. The standard InChI is InChI=1S/C20H14N4O3S2/c25-18(24-20-22-14(9-28-20)12-4-2-1-3-5-12)15-10-29-19(23-15)21-13-6-7-16-17(8-13)27-11-26-16/h1-10H,11H2,(H,21,23)(H,22,24,25). The Kier molecular flexibility index (Phi) is 4.59. The van der Waals surface area contributed by atoms with Gasteiger partial charge in [0, 0.05) is 28.1 Å². The molecule has 29 heavy (non-hydrogen) atoms. The summed E-state index contributed by atoms with van der Waals surface area (Å²) in [7, 11) is 0. The molecular formula is C20H14N4O3S2. The lowest BCUT2D eigenvalue weighted by Gasteiger charge is -2.03. The van der Waals surface area contributed by atoms with Gasteiger partial charge in [0.05, 0.1) is 5.69 Å². The number of ether oxygens (including phenoxy) is 2. The van der Waals surface area contributed by atoms with E-state index in [4.69, 9.17) is 9.47 Å².